The van der Waals surface area contributed by atoms with Crippen LogP contribution in [0.15, 0.2) is 59.6 Å². The maximum Gasteiger partial charge on any atom is 0.250 e. The maximum absolute atomic E-state index is 14.3. The number of benzene rings is 2. The first-order chi connectivity index (χ1) is 22.5. The van der Waals surface area contributed by atoms with Crippen molar-refractivity contribution in [3.05, 3.63) is 70.8 Å². The van der Waals surface area contributed by atoms with Crippen molar-refractivity contribution in [2.75, 3.05) is 28.6 Å². The molecule has 0 aliphatic carbocycles. The lowest BCUT2D eigenvalue weighted by Crippen LogP contribution is -2.60. The summed E-state index contributed by atoms with van der Waals surface area (Å²) in [5.74, 6) is -0.116. The van der Waals surface area contributed by atoms with Gasteiger partial charge >= 0.3 is 0 Å². The number of anilines is 2. The fourth-order valence-corrected chi connectivity index (χ4v) is 7.68. The Kier molecular flexibility index (Phi) is 9.48. The van der Waals surface area contributed by atoms with Crippen molar-refractivity contribution < 1.29 is 19.2 Å². The lowest BCUT2D eigenvalue weighted by molar-refractivity contribution is -0.133. The molecule has 0 radical (unpaired) electrons. The van der Waals surface area contributed by atoms with Crippen LogP contribution in [0.2, 0.25) is 0 Å². The number of hydrogen-bond acceptors (Lipinski definition) is 6. The summed E-state index contributed by atoms with van der Waals surface area (Å²) in [5, 5.41) is 9.03. The van der Waals surface area contributed by atoms with E-state index in [0.29, 0.717) is 19.5 Å². The second-order valence-electron chi connectivity index (χ2n) is 13.3. The number of aromatic nitrogens is 1. The van der Waals surface area contributed by atoms with Crippen LogP contribution in [0, 0.1) is 0 Å². The molecule has 3 aliphatic heterocycles. The van der Waals surface area contributed by atoms with Gasteiger partial charge in [0.05, 0.1) is 16.9 Å². The number of carbonyl (C=O) groups is 4. The van der Waals surface area contributed by atoms with Crippen molar-refractivity contribution in [2.45, 2.75) is 83.5 Å². The van der Waals surface area contributed by atoms with Crippen LogP contribution in [-0.2, 0) is 38.6 Å². The molecule has 4 heterocycles. The van der Waals surface area contributed by atoms with E-state index in [9.17, 15) is 19.2 Å². The molecule has 1 aromatic heterocycles. The first-order valence-corrected chi connectivity index (χ1v) is 17.6. The Labute approximate surface area is 280 Å². The number of nitrogens with zero attached hydrogens (tertiary/aromatic N) is 3. The van der Waals surface area contributed by atoms with Gasteiger partial charge in [-0.1, -0.05) is 37.3 Å². The quantitative estimate of drug-likeness (QED) is 0.286. The van der Waals surface area contributed by atoms with Gasteiger partial charge in [0.1, 0.15) is 12.1 Å². The second-order valence-corrected chi connectivity index (χ2v) is 14.3. The van der Waals surface area contributed by atoms with E-state index in [-0.39, 0.29) is 24.7 Å². The molecule has 1 unspecified atom stereocenters. The molecule has 4 N–H and O–H groups in total. The van der Waals surface area contributed by atoms with Crippen molar-refractivity contribution in [3.63, 3.8) is 0 Å². The Hall–Kier alpha value is -4.09. The summed E-state index contributed by atoms with van der Waals surface area (Å²) in [6.07, 6.45) is 5.65. The van der Waals surface area contributed by atoms with E-state index in [1.807, 2.05) is 42.6 Å². The van der Waals surface area contributed by atoms with Crippen LogP contribution >= 0.6 is 11.8 Å². The molecule has 4 amide bonds. The fourth-order valence-electron chi connectivity index (χ4n) is 6.75. The third-order valence-electron chi connectivity index (χ3n) is 9.16. The van der Waals surface area contributed by atoms with E-state index in [1.54, 1.807) is 35.4 Å². The average Bonchev–Trinajstić information content (AvgIpc) is 3.79. The molecule has 0 saturated carbocycles. The number of nitrogens with one attached hydrogen (secondary N) is 2. The zero-order chi connectivity index (χ0) is 33.3. The first kappa shape index (κ1) is 32.8. The molecule has 47 heavy (non-hydrogen) atoms. The largest absolute Gasteiger partial charge is 0.347 e. The summed E-state index contributed by atoms with van der Waals surface area (Å²) in [5.41, 5.74) is 10.5. The fraction of sp³-hybridized carbons (Fsp3) is 0.444. The van der Waals surface area contributed by atoms with Crippen molar-refractivity contribution in [3.8, 4) is 0 Å². The number of carbonyl (C=O) groups excluding carboxylic acids is 4. The van der Waals surface area contributed by atoms with Gasteiger partial charge in [0.15, 0.2) is 0 Å². The Morgan fingerprint density at radius 3 is 2.62 bits per heavy atom. The molecule has 11 heteroatoms. The topological polar surface area (TPSA) is 130 Å². The molecule has 10 nitrogen and oxygen atoms in total. The number of amides is 4. The summed E-state index contributed by atoms with van der Waals surface area (Å²) in [6.45, 7) is 7.15. The molecule has 6 rings (SSSR count). The first-order valence-electron chi connectivity index (χ1n) is 16.5. The Morgan fingerprint density at radius 1 is 1.11 bits per heavy atom. The Bertz CT molecular complexity index is 1740. The van der Waals surface area contributed by atoms with Gasteiger partial charge in [-0.25, -0.2) is 0 Å². The van der Waals surface area contributed by atoms with Gasteiger partial charge in [0.25, 0.3) is 0 Å². The van der Waals surface area contributed by atoms with Crippen molar-refractivity contribution in [2.24, 2.45) is 5.73 Å². The van der Waals surface area contributed by atoms with Gasteiger partial charge in [0.2, 0.25) is 23.6 Å². The summed E-state index contributed by atoms with van der Waals surface area (Å²) >= 11 is 1.73. The van der Waals surface area contributed by atoms with Crippen LogP contribution in [0.3, 0.4) is 0 Å². The molecule has 2 atom stereocenters. The second kappa shape index (κ2) is 13.6. The third kappa shape index (κ3) is 6.82. The summed E-state index contributed by atoms with van der Waals surface area (Å²) in [7, 11) is 0. The average molecular weight is 657 g/mol. The van der Waals surface area contributed by atoms with Gasteiger partial charge in [-0.2, -0.15) is 0 Å². The highest BCUT2D eigenvalue weighted by Crippen LogP contribution is 2.40. The molecule has 3 aromatic rings. The van der Waals surface area contributed by atoms with Gasteiger partial charge in [-0.15, -0.1) is 11.8 Å². The Morgan fingerprint density at radius 2 is 1.91 bits per heavy atom. The predicted octanol–water partition coefficient (Wildman–Crippen LogP) is 4.04. The third-order valence-corrected chi connectivity index (χ3v) is 10.1. The number of hydrogen-bond donors (Lipinski definition) is 3. The van der Waals surface area contributed by atoms with E-state index in [0.717, 1.165) is 70.5 Å². The molecular formula is C36H44N6O4S. The minimum absolute atomic E-state index is 0.0542. The van der Waals surface area contributed by atoms with Crippen molar-refractivity contribution in [1.82, 2.24) is 15.2 Å². The van der Waals surface area contributed by atoms with Crippen molar-refractivity contribution >= 4 is 57.7 Å². The van der Waals surface area contributed by atoms with E-state index in [1.165, 1.54) is 0 Å². The molecule has 248 valence electrons. The smallest absolute Gasteiger partial charge is 0.250 e. The minimum atomic E-state index is -1.21. The van der Waals surface area contributed by atoms with Gasteiger partial charge < -0.3 is 30.7 Å². The van der Waals surface area contributed by atoms with Crippen LogP contribution in [-0.4, -0.2) is 64.7 Å². The van der Waals surface area contributed by atoms with Crippen LogP contribution in [0.25, 0.3) is 10.9 Å². The monoisotopic (exact) mass is 656 g/mol. The van der Waals surface area contributed by atoms with Crippen LogP contribution < -0.4 is 26.2 Å². The standard InChI is InChI=1S/C36H44N6O4S/c1-4-15-40-21-25(26-10-5-6-11-29(26)40)19-27(39-35(46)36(2,3)37)33(44)38-28-18-24-9-7-12-30(41-16-8-13-31(41)43)32(24)42(34(28)45)20-23-14-17-47-22-23/h5-7,9-12,21-22,27-28H,4,8,13-20,37H2,1-3H3,(H,38,44)(H,39,46)/t27-,28?/m1/s1. The lowest BCUT2D eigenvalue weighted by atomic mass is 9.94. The Balaban J connectivity index is 1.32. The van der Waals surface area contributed by atoms with E-state index in [2.05, 4.69) is 33.6 Å². The molecule has 0 spiro atoms. The van der Waals surface area contributed by atoms with Gasteiger partial charge in [-0.3, -0.25) is 19.2 Å². The lowest BCUT2D eigenvalue weighted by Gasteiger charge is -2.38. The van der Waals surface area contributed by atoms with Crippen LogP contribution in [0.4, 0.5) is 11.4 Å². The van der Waals surface area contributed by atoms with Crippen LogP contribution in [0.1, 0.15) is 57.6 Å². The maximum atomic E-state index is 14.3. The highest BCUT2D eigenvalue weighted by atomic mass is 32.2. The summed E-state index contributed by atoms with van der Waals surface area (Å²) in [6, 6.07) is 12.0. The van der Waals surface area contributed by atoms with Crippen molar-refractivity contribution in [1.29, 1.82) is 0 Å². The number of para-hydroxylation sites is 2. The summed E-state index contributed by atoms with van der Waals surface area (Å²) in [4.78, 5) is 58.0. The molecule has 1 fully saturated rings. The number of nitrogens with two attached hydrogens (primary N) is 1. The number of fused-ring (bicyclic) bond motifs is 2. The molecule has 2 aromatic carbocycles. The highest BCUT2D eigenvalue weighted by Gasteiger charge is 2.39. The van der Waals surface area contributed by atoms with Gasteiger partial charge in [-0.05, 0) is 67.4 Å². The minimum Gasteiger partial charge on any atom is -0.347 e. The molecular weight excluding hydrogens is 613 g/mol. The molecule has 3 aliphatic rings. The highest BCUT2D eigenvalue weighted by molar-refractivity contribution is 8.02. The van der Waals surface area contributed by atoms with E-state index < -0.39 is 29.4 Å². The zero-order valence-electron chi connectivity index (χ0n) is 27.4. The SMILES string of the molecule is CCCn1cc(C[C@@H](NC(=O)C(C)(C)N)C(=O)NC2Cc3cccc(N4CCCC4=O)c3N(CC3=CSCC3)C2=O)c2ccccc21. The zero-order valence-corrected chi connectivity index (χ0v) is 28.2. The van der Waals surface area contributed by atoms with E-state index >= 15 is 0 Å². The normalized spacial score (nSPS) is 18.8. The molecule has 1 saturated heterocycles. The number of rotatable bonds is 11. The number of thioether (sulfide) groups is 1. The van der Waals surface area contributed by atoms with Gasteiger partial charge in [0, 0.05) is 61.7 Å². The number of aryl methyl sites for hydroxylation is 1. The summed E-state index contributed by atoms with van der Waals surface area (Å²) < 4.78 is 2.17. The van der Waals surface area contributed by atoms with Crippen LogP contribution in [0.5, 0.6) is 0 Å². The predicted molar refractivity (Wildman–Crippen MR) is 187 cm³/mol. The van der Waals surface area contributed by atoms with E-state index in [4.69, 9.17) is 5.73 Å². The molecule has 0 bridgehead atoms.